The first-order chi connectivity index (χ1) is 6.27. The van der Waals surface area contributed by atoms with Crippen LogP contribution in [0.2, 0.25) is 0 Å². The van der Waals surface area contributed by atoms with Gasteiger partial charge in [-0.15, -0.1) is 10.2 Å². The van der Waals surface area contributed by atoms with Gasteiger partial charge in [-0.25, -0.2) is 4.68 Å². The van der Waals surface area contributed by atoms with Crippen molar-refractivity contribution in [3.8, 4) is 0 Å². The van der Waals surface area contributed by atoms with Crippen LogP contribution in [0.25, 0.3) is 0 Å². The molecule has 0 amide bonds. The molecule has 0 fully saturated rings. The molecule has 7 nitrogen and oxygen atoms in total. The van der Waals surface area contributed by atoms with E-state index in [0.29, 0.717) is 12.4 Å². The Morgan fingerprint density at radius 2 is 2.23 bits per heavy atom. The molecule has 68 valence electrons. The van der Waals surface area contributed by atoms with E-state index in [2.05, 4.69) is 15.3 Å². The minimum atomic E-state index is 0.196. The Balaban J connectivity index is 2.24. The molecule has 0 spiro atoms. The Morgan fingerprint density at radius 1 is 1.38 bits per heavy atom. The zero-order valence-electron chi connectivity index (χ0n) is 6.83. The maximum atomic E-state index is 5.54. The molecule has 2 aromatic rings. The third kappa shape index (κ3) is 1.31. The average Bonchev–Trinajstić information content (AvgIpc) is 2.71. The minimum absolute atomic E-state index is 0.196. The van der Waals surface area contributed by atoms with Crippen LogP contribution in [0.1, 0.15) is 5.82 Å². The second-order valence-corrected chi connectivity index (χ2v) is 2.55. The number of nitrogens with two attached hydrogens (primary N) is 2. The predicted molar refractivity (Wildman–Crippen MR) is 45.9 cm³/mol. The highest BCUT2D eigenvalue weighted by atomic mass is 15.5. The van der Waals surface area contributed by atoms with Crippen molar-refractivity contribution in [2.45, 2.75) is 6.54 Å². The third-order valence-electron chi connectivity index (χ3n) is 1.66. The molecular formula is C6H9N7. The SMILES string of the molecule is Nc1nnc(Cn2cccn2)n1N. The van der Waals surface area contributed by atoms with Gasteiger partial charge in [0.05, 0.1) is 0 Å². The van der Waals surface area contributed by atoms with Crippen LogP contribution in [-0.4, -0.2) is 24.7 Å². The standard InChI is InChI=1S/C6H9N7/c7-6-11-10-5(13(6)8)4-12-3-1-2-9-12/h1-3H,4,8H2,(H2,7,11). The highest BCUT2D eigenvalue weighted by molar-refractivity contribution is 5.17. The van der Waals surface area contributed by atoms with Gasteiger partial charge in [0.15, 0.2) is 5.82 Å². The lowest BCUT2D eigenvalue weighted by atomic mass is 10.6. The zero-order chi connectivity index (χ0) is 9.26. The van der Waals surface area contributed by atoms with Crippen LogP contribution in [-0.2, 0) is 6.54 Å². The number of hydrogen-bond acceptors (Lipinski definition) is 5. The molecule has 2 rings (SSSR count). The van der Waals surface area contributed by atoms with Gasteiger partial charge in [-0.2, -0.15) is 5.10 Å². The van der Waals surface area contributed by atoms with Gasteiger partial charge in [0.2, 0.25) is 5.95 Å². The first-order valence-corrected chi connectivity index (χ1v) is 3.69. The van der Waals surface area contributed by atoms with Crippen molar-refractivity contribution in [1.29, 1.82) is 0 Å². The van der Waals surface area contributed by atoms with Crippen LogP contribution in [0, 0.1) is 0 Å². The van der Waals surface area contributed by atoms with E-state index >= 15 is 0 Å². The van der Waals surface area contributed by atoms with E-state index in [9.17, 15) is 0 Å². The molecule has 0 saturated heterocycles. The first kappa shape index (κ1) is 7.59. The van der Waals surface area contributed by atoms with Crippen molar-refractivity contribution in [2.75, 3.05) is 11.6 Å². The van der Waals surface area contributed by atoms with E-state index in [1.165, 1.54) is 4.68 Å². The van der Waals surface area contributed by atoms with E-state index in [-0.39, 0.29) is 5.95 Å². The van der Waals surface area contributed by atoms with E-state index in [4.69, 9.17) is 11.6 Å². The van der Waals surface area contributed by atoms with E-state index in [1.807, 2.05) is 12.3 Å². The van der Waals surface area contributed by atoms with Crippen LogP contribution in [0.15, 0.2) is 18.5 Å². The highest BCUT2D eigenvalue weighted by Crippen LogP contribution is 1.99. The van der Waals surface area contributed by atoms with Crippen molar-refractivity contribution >= 4 is 5.95 Å². The van der Waals surface area contributed by atoms with Crippen LogP contribution >= 0.6 is 0 Å². The molecule has 0 saturated carbocycles. The summed E-state index contributed by atoms with van der Waals surface area (Å²) in [7, 11) is 0. The molecular weight excluding hydrogens is 170 g/mol. The monoisotopic (exact) mass is 179 g/mol. The topological polar surface area (TPSA) is 101 Å². The second kappa shape index (κ2) is 2.77. The van der Waals surface area contributed by atoms with Gasteiger partial charge in [0.1, 0.15) is 6.54 Å². The summed E-state index contributed by atoms with van der Waals surface area (Å²) >= 11 is 0. The Morgan fingerprint density at radius 3 is 2.77 bits per heavy atom. The molecule has 0 aromatic carbocycles. The van der Waals surface area contributed by atoms with Crippen molar-refractivity contribution in [1.82, 2.24) is 24.7 Å². The molecule has 2 aromatic heterocycles. The summed E-state index contributed by atoms with van der Waals surface area (Å²) in [4.78, 5) is 0. The number of nitrogen functional groups attached to an aromatic ring is 2. The smallest absolute Gasteiger partial charge is 0.240 e. The molecule has 0 aliphatic carbocycles. The molecule has 2 heterocycles. The highest BCUT2D eigenvalue weighted by Gasteiger charge is 2.06. The Hall–Kier alpha value is -2.05. The Kier molecular flexibility index (Phi) is 1.62. The number of hydrogen-bond donors (Lipinski definition) is 2. The summed E-state index contributed by atoms with van der Waals surface area (Å²) in [6.45, 7) is 0.466. The summed E-state index contributed by atoms with van der Waals surface area (Å²) < 4.78 is 2.93. The van der Waals surface area contributed by atoms with Crippen molar-refractivity contribution in [3.05, 3.63) is 24.3 Å². The maximum absolute atomic E-state index is 5.54. The molecule has 4 N–H and O–H groups in total. The normalized spacial score (nSPS) is 10.5. The number of nitrogens with zero attached hydrogens (tertiary/aromatic N) is 5. The van der Waals surface area contributed by atoms with Gasteiger partial charge in [-0.05, 0) is 6.07 Å². The van der Waals surface area contributed by atoms with Crippen molar-refractivity contribution in [3.63, 3.8) is 0 Å². The van der Waals surface area contributed by atoms with E-state index in [0.717, 1.165) is 0 Å². The van der Waals surface area contributed by atoms with Crippen LogP contribution < -0.4 is 11.6 Å². The molecule has 0 unspecified atom stereocenters. The summed E-state index contributed by atoms with van der Waals surface area (Å²) in [6, 6.07) is 1.82. The average molecular weight is 179 g/mol. The fourth-order valence-corrected chi connectivity index (χ4v) is 0.984. The Labute approximate surface area is 73.9 Å². The van der Waals surface area contributed by atoms with Crippen LogP contribution in [0.5, 0.6) is 0 Å². The number of rotatable bonds is 2. The lowest BCUT2D eigenvalue weighted by Gasteiger charge is -2.00. The van der Waals surface area contributed by atoms with Crippen molar-refractivity contribution in [2.24, 2.45) is 0 Å². The summed E-state index contributed by atoms with van der Waals surface area (Å²) in [5, 5.41) is 11.4. The van der Waals surface area contributed by atoms with Gasteiger partial charge < -0.3 is 11.6 Å². The van der Waals surface area contributed by atoms with Gasteiger partial charge in [-0.1, -0.05) is 0 Å². The lowest BCUT2D eigenvalue weighted by molar-refractivity contribution is 0.639. The fourth-order valence-electron chi connectivity index (χ4n) is 0.984. The third-order valence-corrected chi connectivity index (χ3v) is 1.66. The predicted octanol–water partition coefficient (Wildman–Crippen LogP) is -1.18. The molecule has 0 aliphatic rings. The number of aromatic nitrogens is 5. The minimum Gasteiger partial charge on any atom is -0.366 e. The molecule has 0 atom stereocenters. The van der Waals surface area contributed by atoms with Gasteiger partial charge in [0.25, 0.3) is 0 Å². The molecule has 0 aliphatic heterocycles. The lowest BCUT2D eigenvalue weighted by Crippen LogP contribution is -2.17. The number of anilines is 1. The van der Waals surface area contributed by atoms with Gasteiger partial charge >= 0.3 is 0 Å². The summed E-state index contributed by atoms with van der Waals surface area (Å²) in [5.74, 6) is 6.31. The fraction of sp³-hybridized carbons (Fsp3) is 0.167. The van der Waals surface area contributed by atoms with Crippen LogP contribution in [0.4, 0.5) is 5.95 Å². The van der Waals surface area contributed by atoms with E-state index in [1.54, 1.807) is 10.9 Å². The molecule has 13 heavy (non-hydrogen) atoms. The molecule has 0 radical (unpaired) electrons. The summed E-state index contributed by atoms with van der Waals surface area (Å²) in [5.41, 5.74) is 5.40. The quantitative estimate of drug-likeness (QED) is 0.565. The summed E-state index contributed by atoms with van der Waals surface area (Å²) in [6.07, 6.45) is 3.49. The van der Waals surface area contributed by atoms with Crippen LogP contribution in [0.3, 0.4) is 0 Å². The second-order valence-electron chi connectivity index (χ2n) is 2.55. The van der Waals surface area contributed by atoms with Gasteiger partial charge in [0, 0.05) is 12.4 Å². The maximum Gasteiger partial charge on any atom is 0.240 e. The largest absolute Gasteiger partial charge is 0.366 e. The first-order valence-electron chi connectivity index (χ1n) is 3.69. The molecule has 0 bridgehead atoms. The van der Waals surface area contributed by atoms with E-state index < -0.39 is 0 Å². The van der Waals surface area contributed by atoms with Gasteiger partial charge in [-0.3, -0.25) is 4.68 Å². The molecule has 7 heteroatoms. The zero-order valence-corrected chi connectivity index (χ0v) is 6.83. The van der Waals surface area contributed by atoms with Crippen molar-refractivity contribution < 1.29 is 0 Å². The Bertz CT molecular complexity index is 387.